The highest BCUT2D eigenvalue weighted by atomic mass is 32.1. The highest BCUT2D eigenvalue weighted by Gasteiger charge is 2.43. The zero-order valence-corrected chi connectivity index (χ0v) is 17.3. The molecular formula is C20H25F3N2O2S. The molecule has 1 aromatic carbocycles. The predicted octanol–water partition coefficient (Wildman–Crippen LogP) is 6.28. The normalized spacial score (nSPS) is 13.8. The Bertz CT molecular complexity index is 789. The number of alkyl halides is 3. The summed E-state index contributed by atoms with van der Waals surface area (Å²) in [5.41, 5.74) is 2.53. The zero-order valence-electron chi connectivity index (χ0n) is 16.5. The van der Waals surface area contributed by atoms with Crippen LogP contribution < -0.4 is 0 Å². The second-order valence-corrected chi connectivity index (χ2v) is 7.29. The molecule has 0 aliphatic carbocycles. The molecule has 0 radical (unpaired) electrons. The van der Waals surface area contributed by atoms with Crippen molar-refractivity contribution >= 4 is 22.7 Å². The maximum absolute atomic E-state index is 13.8. The van der Waals surface area contributed by atoms with Crippen LogP contribution in [0.3, 0.4) is 0 Å². The number of aliphatic imine (C=N–C) groups is 1. The smallest absolute Gasteiger partial charge is 0.382 e. The number of thiazole rings is 1. The van der Waals surface area contributed by atoms with E-state index in [1.165, 1.54) is 24.5 Å². The summed E-state index contributed by atoms with van der Waals surface area (Å²) in [7, 11) is 1.42. The number of ether oxygens (including phenoxy) is 2. The number of rotatable bonds is 9. The van der Waals surface area contributed by atoms with Crippen LogP contribution in [0, 0.1) is 6.92 Å². The molecule has 0 N–H and O–H groups in total. The third kappa shape index (κ3) is 5.62. The molecule has 0 spiro atoms. The van der Waals surface area contributed by atoms with Crippen LogP contribution in [0.25, 0.3) is 10.6 Å². The SMILES string of the molecule is CCC/C(C)=N\c1c(C(OCCOC)C(F)(F)F)ccc(-c2nccs2)c1C. The van der Waals surface area contributed by atoms with E-state index >= 15 is 0 Å². The lowest BCUT2D eigenvalue weighted by Crippen LogP contribution is -2.25. The molecule has 1 unspecified atom stereocenters. The Morgan fingerprint density at radius 1 is 1.29 bits per heavy atom. The summed E-state index contributed by atoms with van der Waals surface area (Å²) in [4.78, 5) is 8.85. The van der Waals surface area contributed by atoms with Gasteiger partial charge in [-0.15, -0.1) is 11.3 Å². The Balaban J connectivity index is 2.60. The minimum absolute atomic E-state index is 0.0110. The summed E-state index contributed by atoms with van der Waals surface area (Å²) in [5.74, 6) is 0. The number of hydrogen-bond acceptors (Lipinski definition) is 5. The first kappa shape index (κ1) is 22.5. The van der Waals surface area contributed by atoms with Crippen molar-refractivity contribution in [3.05, 3.63) is 34.8 Å². The van der Waals surface area contributed by atoms with Crippen molar-refractivity contribution in [2.75, 3.05) is 20.3 Å². The average Bonchev–Trinajstić information content (AvgIpc) is 3.14. The van der Waals surface area contributed by atoms with E-state index in [4.69, 9.17) is 9.47 Å². The van der Waals surface area contributed by atoms with Crippen molar-refractivity contribution in [2.45, 2.75) is 45.9 Å². The molecule has 0 saturated heterocycles. The van der Waals surface area contributed by atoms with Crippen LogP contribution >= 0.6 is 11.3 Å². The number of aromatic nitrogens is 1. The third-order valence-corrected chi connectivity index (χ3v) is 5.00. The second kappa shape index (κ2) is 10.1. The fourth-order valence-electron chi connectivity index (χ4n) is 2.89. The summed E-state index contributed by atoms with van der Waals surface area (Å²) in [6.07, 6.45) is -3.39. The minimum Gasteiger partial charge on any atom is -0.382 e. The number of methoxy groups -OCH3 is 1. The zero-order chi connectivity index (χ0) is 20.7. The van der Waals surface area contributed by atoms with E-state index in [1.54, 1.807) is 19.2 Å². The Labute approximate surface area is 167 Å². The van der Waals surface area contributed by atoms with Gasteiger partial charge >= 0.3 is 6.18 Å². The van der Waals surface area contributed by atoms with Gasteiger partial charge < -0.3 is 9.47 Å². The molecule has 2 rings (SSSR count). The van der Waals surface area contributed by atoms with Gasteiger partial charge in [0.1, 0.15) is 5.01 Å². The largest absolute Gasteiger partial charge is 0.418 e. The van der Waals surface area contributed by atoms with Crippen LogP contribution in [0.5, 0.6) is 0 Å². The highest BCUT2D eigenvalue weighted by Crippen LogP contribution is 2.44. The fourth-order valence-corrected chi connectivity index (χ4v) is 3.61. The lowest BCUT2D eigenvalue weighted by Gasteiger charge is -2.24. The molecule has 0 aliphatic rings. The van der Waals surface area contributed by atoms with Gasteiger partial charge in [0.25, 0.3) is 0 Å². The molecule has 1 atom stereocenters. The Morgan fingerprint density at radius 2 is 2.04 bits per heavy atom. The van der Waals surface area contributed by atoms with Gasteiger partial charge in [0.2, 0.25) is 0 Å². The van der Waals surface area contributed by atoms with Crippen molar-refractivity contribution in [2.24, 2.45) is 4.99 Å². The fraction of sp³-hybridized carbons (Fsp3) is 0.500. The molecular weight excluding hydrogens is 389 g/mol. The standard InChI is InChI=1S/C20H25F3N2O2S/c1-5-6-13(2)25-17-14(3)15(19-24-9-12-28-19)7-8-16(17)18(20(21,22)23)27-11-10-26-4/h7-9,12,18H,5-6,10-11H2,1-4H3/b25-13-. The first-order valence-corrected chi connectivity index (χ1v) is 9.92. The molecule has 0 saturated carbocycles. The number of nitrogens with zero attached hydrogens (tertiary/aromatic N) is 2. The monoisotopic (exact) mass is 414 g/mol. The first-order chi connectivity index (χ1) is 13.3. The van der Waals surface area contributed by atoms with Crippen LogP contribution in [-0.2, 0) is 9.47 Å². The summed E-state index contributed by atoms with van der Waals surface area (Å²) in [6.45, 7) is 5.53. The number of benzene rings is 1. The van der Waals surface area contributed by atoms with E-state index < -0.39 is 12.3 Å². The van der Waals surface area contributed by atoms with Crippen molar-refractivity contribution in [1.29, 1.82) is 0 Å². The minimum atomic E-state index is -4.56. The first-order valence-electron chi connectivity index (χ1n) is 9.04. The average molecular weight is 414 g/mol. The van der Waals surface area contributed by atoms with E-state index in [-0.39, 0.29) is 18.8 Å². The number of hydrogen-bond donors (Lipinski definition) is 0. The van der Waals surface area contributed by atoms with Crippen molar-refractivity contribution in [3.63, 3.8) is 0 Å². The molecule has 28 heavy (non-hydrogen) atoms. The molecule has 0 amide bonds. The van der Waals surface area contributed by atoms with E-state index in [9.17, 15) is 13.2 Å². The van der Waals surface area contributed by atoms with Gasteiger partial charge in [-0.25, -0.2) is 4.98 Å². The van der Waals surface area contributed by atoms with E-state index in [1.807, 2.05) is 19.2 Å². The van der Waals surface area contributed by atoms with Gasteiger partial charge in [-0.2, -0.15) is 13.2 Å². The Hall–Kier alpha value is -1.77. The summed E-state index contributed by atoms with van der Waals surface area (Å²) in [6, 6.07) is 3.11. The Kier molecular flexibility index (Phi) is 8.15. The molecule has 2 aromatic rings. The lowest BCUT2D eigenvalue weighted by molar-refractivity contribution is -0.225. The molecule has 4 nitrogen and oxygen atoms in total. The molecule has 8 heteroatoms. The van der Waals surface area contributed by atoms with Gasteiger partial charge in [-0.3, -0.25) is 4.99 Å². The van der Waals surface area contributed by atoms with Crippen molar-refractivity contribution in [1.82, 2.24) is 4.98 Å². The van der Waals surface area contributed by atoms with Crippen LogP contribution in [0.1, 0.15) is 43.9 Å². The van der Waals surface area contributed by atoms with Crippen LogP contribution in [-0.4, -0.2) is 37.2 Å². The molecule has 0 bridgehead atoms. The van der Waals surface area contributed by atoms with Crippen LogP contribution in [0.4, 0.5) is 18.9 Å². The molecule has 1 aromatic heterocycles. The van der Waals surface area contributed by atoms with Crippen LogP contribution in [0.15, 0.2) is 28.7 Å². The molecule has 0 aliphatic heterocycles. The maximum atomic E-state index is 13.8. The van der Waals surface area contributed by atoms with E-state index in [0.717, 1.165) is 22.7 Å². The summed E-state index contributed by atoms with van der Waals surface area (Å²) < 4.78 is 51.3. The number of halogens is 3. The maximum Gasteiger partial charge on any atom is 0.418 e. The van der Waals surface area contributed by atoms with Crippen molar-refractivity contribution < 1.29 is 22.6 Å². The van der Waals surface area contributed by atoms with Gasteiger partial charge in [0.05, 0.1) is 18.9 Å². The third-order valence-electron chi connectivity index (χ3n) is 4.19. The molecule has 1 heterocycles. The van der Waals surface area contributed by atoms with Gasteiger partial charge in [0.15, 0.2) is 6.10 Å². The van der Waals surface area contributed by atoms with E-state index in [0.29, 0.717) is 17.7 Å². The highest BCUT2D eigenvalue weighted by molar-refractivity contribution is 7.13. The second-order valence-electron chi connectivity index (χ2n) is 6.40. The topological polar surface area (TPSA) is 43.7 Å². The van der Waals surface area contributed by atoms with Gasteiger partial charge in [-0.05, 0) is 25.8 Å². The van der Waals surface area contributed by atoms with E-state index in [2.05, 4.69) is 9.98 Å². The Morgan fingerprint density at radius 3 is 2.61 bits per heavy atom. The van der Waals surface area contributed by atoms with Crippen LogP contribution in [0.2, 0.25) is 0 Å². The quantitative estimate of drug-likeness (QED) is 0.358. The van der Waals surface area contributed by atoms with Crippen molar-refractivity contribution in [3.8, 4) is 10.6 Å². The molecule has 0 fully saturated rings. The molecule has 154 valence electrons. The lowest BCUT2D eigenvalue weighted by atomic mass is 9.98. The summed E-state index contributed by atoms with van der Waals surface area (Å²) >= 11 is 1.44. The summed E-state index contributed by atoms with van der Waals surface area (Å²) in [5, 5.41) is 2.58. The predicted molar refractivity (Wildman–Crippen MR) is 107 cm³/mol. The van der Waals surface area contributed by atoms with Gasteiger partial charge in [0, 0.05) is 35.5 Å². The van der Waals surface area contributed by atoms with Gasteiger partial charge in [-0.1, -0.05) is 25.5 Å².